The van der Waals surface area contributed by atoms with Gasteiger partial charge in [-0.1, -0.05) is 24.3 Å². The lowest BCUT2D eigenvalue weighted by molar-refractivity contribution is -0.129. The van der Waals surface area contributed by atoms with Crippen LogP contribution >= 0.6 is 0 Å². The van der Waals surface area contributed by atoms with Crippen LogP contribution in [0, 0.1) is 5.41 Å². The summed E-state index contributed by atoms with van der Waals surface area (Å²) in [4.78, 5) is 33.9. The predicted molar refractivity (Wildman–Crippen MR) is 119 cm³/mol. The lowest BCUT2D eigenvalue weighted by Crippen LogP contribution is -2.38. The predicted octanol–water partition coefficient (Wildman–Crippen LogP) is 1.45. The highest BCUT2D eigenvalue weighted by Crippen LogP contribution is 2.48. The second kappa shape index (κ2) is 8.22. The number of aromatic nitrogens is 4. The van der Waals surface area contributed by atoms with Crippen molar-refractivity contribution in [2.45, 2.75) is 24.8 Å². The maximum atomic E-state index is 12.6. The van der Waals surface area contributed by atoms with Gasteiger partial charge >= 0.3 is 0 Å². The molecule has 4 rings (SSSR count). The summed E-state index contributed by atoms with van der Waals surface area (Å²) in [6, 6.07) is 7.82. The van der Waals surface area contributed by atoms with Crippen LogP contribution in [-0.4, -0.2) is 56.4 Å². The Bertz CT molecular complexity index is 1160. The summed E-state index contributed by atoms with van der Waals surface area (Å²) in [5.74, 6) is -0.163. The van der Waals surface area contributed by atoms with Gasteiger partial charge in [0.25, 0.3) is 5.91 Å². The number of nitrogens with one attached hydrogen (secondary N) is 2. The number of carbonyl (C=O) groups excluding carboxylic acids is 2. The molecule has 0 bridgehead atoms. The molecule has 1 aliphatic carbocycles. The summed E-state index contributed by atoms with van der Waals surface area (Å²) in [5, 5.41) is 15.3. The summed E-state index contributed by atoms with van der Waals surface area (Å²) < 4.78 is 1.41. The number of benzene rings is 1. The van der Waals surface area contributed by atoms with Crippen LogP contribution in [0.4, 0.5) is 5.95 Å². The van der Waals surface area contributed by atoms with Crippen LogP contribution in [0.5, 0.6) is 0 Å². The minimum Gasteiger partial charge on any atom is -0.368 e. The van der Waals surface area contributed by atoms with Gasteiger partial charge in [0.15, 0.2) is 0 Å². The number of hydrogen-bond acceptors (Lipinski definition) is 7. The van der Waals surface area contributed by atoms with Gasteiger partial charge in [-0.05, 0) is 24.0 Å². The van der Waals surface area contributed by atoms with Crippen LogP contribution in [0.3, 0.4) is 0 Å². The molecule has 0 radical (unpaired) electrons. The number of nitrogens with zero attached hydrogens (tertiary/aromatic N) is 5. The molecule has 1 saturated carbocycles. The van der Waals surface area contributed by atoms with Crippen molar-refractivity contribution < 1.29 is 9.59 Å². The van der Waals surface area contributed by atoms with Crippen LogP contribution < -0.4 is 11.1 Å². The fraction of sp³-hybridized carbons (Fsp3) is 0.273. The third-order valence-corrected chi connectivity index (χ3v) is 5.60. The minimum absolute atomic E-state index is 0.0487. The van der Waals surface area contributed by atoms with Gasteiger partial charge in [0.05, 0.1) is 17.2 Å². The van der Waals surface area contributed by atoms with Gasteiger partial charge in [-0.2, -0.15) is 5.10 Å². The van der Waals surface area contributed by atoms with E-state index in [2.05, 4.69) is 20.4 Å². The molecule has 0 unspecified atom stereocenters. The first-order valence-electron chi connectivity index (χ1n) is 10.1. The largest absolute Gasteiger partial charge is 0.368 e. The topological polar surface area (TPSA) is 143 Å². The Kier molecular flexibility index (Phi) is 5.43. The van der Waals surface area contributed by atoms with Crippen molar-refractivity contribution in [2.75, 3.05) is 19.8 Å². The molecule has 0 saturated heterocycles. The maximum Gasteiger partial charge on any atom is 0.259 e. The van der Waals surface area contributed by atoms with E-state index in [1.165, 1.54) is 22.0 Å². The molecule has 0 aliphatic heterocycles. The molecular weight excluding hydrogens is 408 g/mol. The monoisotopic (exact) mass is 432 g/mol. The van der Waals surface area contributed by atoms with Crippen molar-refractivity contribution in [3.05, 3.63) is 60.2 Å². The molecule has 2 aromatic heterocycles. The number of hydrogen-bond donors (Lipinski definition) is 3. The summed E-state index contributed by atoms with van der Waals surface area (Å²) in [7, 11) is 3.32. The van der Waals surface area contributed by atoms with Crippen molar-refractivity contribution in [1.29, 1.82) is 5.41 Å². The van der Waals surface area contributed by atoms with Crippen LogP contribution in [0.25, 0.3) is 11.1 Å². The highest BCUT2D eigenvalue weighted by Gasteiger charge is 2.49. The molecule has 2 heterocycles. The number of carbonyl (C=O) groups is 2. The standard InChI is InChI=1S/C22H24N8O2/c1-29(2)18(31)13-30-12-16(11-27-30)19(32)28-20(23)22(7-8-22)17-5-3-14(4-6-17)15-9-25-21(24)26-10-15/h3-6,9-12H,7-8,13H2,1-2H3,(H2,23,28,32)(H2,24,25,26). The van der Waals surface area contributed by atoms with E-state index in [4.69, 9.17) is 11.1 Å². The number of anilines is 1. The second-order valence-electron chi connectivity index (χ2n) is 8.03. The van der Waals surface area contributed by atoms with Gasteiger partial charge in [0.2, 0.25) is 11.9 Å². The zero-order chi connectivity index (χ0) is 22.9. The fourth-order valence-electron chi connectivity index (χ4n) is 3.43. The van der Waals surface area contributed by atoms with Gasteiger partial charge in [-0.15, -0.1) is 0 Å². The SMILES string of the molecule is CN(C)C(=O)Cn1cc(C(=O)NC(=N)C2(c3ccc(-c4cnc(N)nc4)cc3)CC2)cn1. The van der Waals surface area contributed by atoms with E-state index in [1.54, 1.807) is 26.5 Å². The summed E-state index contributed by atoms with van der Waals surface area (Å²) in [5.41, 5.74) is 8.11. The van der Waals surface area contributed by atoms with Crippen molar-refractivity contribution >= 4 is 23.6 Å². The number of nitrogens with two attached hydrogens (primary N) is 1. The Morgan fingerprint density at radius 1 is 1.12 bits per heavy atom. The molecule has 1 aromatic carbocycles. The molecule has 3 aromatic rings. The normalized spacial score (nSPS) is 13.9. The molecule has 1 aliphatic rings. The Balaban J connectivity index is 1.43. The lowest BCUT2D eigenvalue weighted by atomic mass is 9.92. The van der Waals surface area contributed by atoms with E-state index in [1.807, 2.05) is 24.3 Å². The molecule has 0 atom stereocenters. The average molecular weight is 432 g/mol. The van der Waals surface area contributed by atoms with Crippen LogP contribution in [0.15, 0.2) is 49.1 Å². The molecule has 0 spiro atoms. The molecule has 32 heavy (non-hydrogen) atoms. The zero-order valence-corrected chi connectivity index (χ0v) is 17.9. The highest BCUT2D eigenvalue weighted by atomic mass is 16.2. The molecule has 2 amide bonds. The molecule has 1 fully saturated rings. The van der Waals surface area contributed by atoms with Crippen molar-refractivity contribution in [3.8, 4) is 11.1 Å². The Morgan fingerprint density at radius 3 is 2.38 bits per heavy atom. The Labute approximate surface area is 185 Å². The van der Waals surface area contributed by atoms with Crippen LogP contribution in [-0.2, 0) is 16.8 Å². The average Bonchev–Trinajstić information content (AvgIpc) is 3.47. The fourth-order valence-corrected chi connectivity index (χ4v) is 3.43. The Hall–Kier alpha value is -4.08. The minimum atomic E-state index is -0.497. The smallest absolute Gasteiger partial charge is 0.259 e. The maximum absolute atomic E-state index is 12.6. The molecule has 10 heteroatoms. The molecule has 164 valence electrons. The van der Waals surface area contributed by atoms with E-state index in [-0.39, 0.29) is 24.2 Å². The van der Waals surface area contributed by atoms with Gasteiger partial charge in [0.1, 0.15) is 12.4 Å². The molecule has 4 N–H and O–H groups in total. The number of amidine groups is 1. The summed E-state index contributed by atoms with van der Waals surface area (Å²) in [6.45, 7) is 0.0487. The summed E-state index contributed by atoms with van der Waals surface area (Å²) >= 11 is 0. The van der Waals surface area contributed by atoms with Gasteiger partial charge in [-0.25, -0.2) is 9.97 Å². The molecule has 10 nitrogen and oxygen atoms in total. The number of nitrogen functional groups attached to an aromatic ring is 1. The Morgan fingerprint density at radius 2 is 1.78 bits per heavy atom. The van der Waals surface area contributed by atoms with E-state index in [0.29, 0.717) is 5.56 Å². The lowest BCUT2D eigenvalue weighted by Gasteiger charge is -2.18. The number of amides is 2. The van der Waals surface area contributed by atoms with Gasteiger partial charge < -0.3 is 16.0 Å². The third kappa shape index (κ3) is 4.20. The van der Waals surface area contributed by atoms with Crippen molar-refractivity contribution in [3.63, 3.8) is 0 Å². The first-order chi connectivity index (χ1) is 15.3. The van der Waals surface area contributed by atoms with E-state index in [0.717, 1.165) is 29.5 Å². The second-order valence-corrected chi connectivity index (χ2v) is 8.03. The first-order valence-corrected chi connectivity index (χ1v) is 10.1. The van der Waals surface area contributed by atoms with Gasteiger partial charge in [0, 0.05) is 38.2 Å². The van der Waals surface area contributed by atoms with Gasteiger partial charge in [-0.3, -0.25) is 19.7 Å². The van der Waals surface area contributed by atoms with Crippen molar-refractivity contribution in [2.24, 2.45) is 0 Å². The van der Waals surface area contributed by atoms with Crippen LogP contribution in [0.2, 0.25) is 0 Å². The van der Waals surface area contributed by atoms with Crippen LogP contribution in [0.1, 0.15) is 28.8 Å². The van der Waals surface area contributed by atoms with Crippen molar-refractivity contribution in [1.82, 2.24) is 30.0 Å². The third-order valence-electron chi connectivity index (χ3n) is 5.60. The summed E-state index contributed by atoms with van der Waals surface area (Å²) in [6.07, 6.45) is 7.80. The zero-order valence-electron chi connectivity index (χ0n) is 17.9. The number of likely N-dealkylation sites (N-methyl/N-ethyl adjacent to an activating group) is 1. The molecular formula is C22H24N8O2. The highest BCUT2D eigenvalue weighted by molar-refractivity contribution is 6.09. The van der Waals surface area contributed by atoms with E-state index < -0.39 is 11.3 Å². The van der Waals surface area contributed by atoms with E-state index in [9.17, 15) is 9.59 Å². The number of rotatable bonds is 6. The first kappa shape index (κ1) is 21.2. The quantitative estimate of drug-likeness (QED) is 0.397. The van der Waals surface area contributed by atoms with E-state index >= 15 is 0 Å².